The summed E-state index contributed by atoms with van der Waals surface area (Å²) in [6.07, 6.45) is 0. The van der Waals surface area contributed by atoms with E-state index in [1.807, 2.05) is 6.07 Å². The number of alkyl halides is 1. The van der Waals surface area contributed by atoms with Crippen LogP contribution in [-0.4, -0.2) is 0 Å². The van der Waals surface area contributed by atoms with Crippen molar-refractivity contribution in [2.24, 2.45) is 0 Å². The standard InChI is InChI=1S/C12H8Br4OS/c13-5-7-3-9(14)12(10(15)4-7)17-6-8-1-2-11(16)18-8/h1-4H,5-6H2. The summed E-state index contributed by atoms with van der Waals surface area (Å²) in [7, 11) is 0. The summed E-state index contributed by atoms with van der Waals surface area (Å²) in [5.41, 5.74) is 1.19. The van der Waals surface area contributed by atoms with Gasteiger partial charge in [-0.15, -0.1) is 11.3 Å². The molecule has 0 saturated carbocycles. The van der Waals surface area contributed by atoms with E-state index in [4.69, 9.17) is 4.74 Å². The maximum atomic E-state index is 5.85. The molecule has 0 spiro atoms. The first kappa shape index (κ1) is 15.0. The molecule has 0 aliphatic rings. The van der Waals surface area contributed by atoms with Crippen LogP contribution in [0.1, 0.15) is 10.4 Å². The fraction of sp³-hybridized carbons (Fsp3) is 0.167. The average Bonchev–Trinajstić information content (AvgIpc) is 2.73. The molecule has 2 rings (SSSR count). The highest BCUT2D eigenvalue weighted by Gasteiger charge is 2.09. The smallest absolute Gasteiger partial charge is 0.148 e. The lowest BCUT2D eigenvalue weighted by Crippen LogP contribution is -1.95. The third-order valence-corrected chi connectivity index (χ3v) is 5.62. The summed E-state index contributed by atoms with van der Waals surface area (Å²) in [4.78, 5) is 1.19. The summed E-state index contributed by atoms with van der Waals surface area (Å²) >= 11 is 15.6. The molecule has 6 heteroatoms. The maximum Gasteiger partial charge on any atom is 0.148 e. The number of ether oxygens (including phenoxy) is 1. The van der Waals surface area contributed by atoms with Gasteiger partial charge >= 0.3 is 0 Å². The molecule has 0 bridgehead atoms. The van der Waals surface area contributed by atoms with Crippen LogP contribution >= 0.6 is 75.1 Å². The van der Waals surface area contributed by atoms with E-state index in [9.17, 15) is 0 Å². The van der Waals surface area contributed by atoms with E-state index in [0.717, 1.165) is 23.8 Å². The molecule has 1 aromatic heterocycles. The Kier molecular flexibility index (Phi) is 5.75. The quantitative estimate of drug-likeness (QED) is 0.419. The lowest BCUT2D eigenvalue weighted by Gasteiger charge is -2.10. The van der Waals surface area contributed by atoms with Gasteiger partial charge in [0.15, 0.2) is 0 Å². The van der Waals surface area contributed by atoms with Gasteiger partial charge in [0.25, 0.3) is 0 Å². The molecule has 1 nitrogen and oxygen atoms in total. The van der Waals surface area contributed by atoms with Crippen LogP contribution in [0.3, 0.4) is 0 Å². The molecule has 2 aromatic rings. The molecule has 0 radical (unpaired) electrons. The second kappa shape index (κ2) is 6.88. The Labute approximate surface area is 143 Å². The van der Waals surface area contributed by atoms with Crippen molar-refractivity contribution in [1.82, 2.24) is 0 Å². The van der Waals surface area contributed by atoms with Crippen molar-refractivity contribution in [1.29, 1.82) is 0 Å². The van der Waals surface area contributed by atoms with Crippen molar-refractivity contribution in [2.45, 2.75) is 11.9 Å². The highest BCUT2D eigenvalue weighted by Crippen LogP contribution is 2.36. The third kappa shape index (κ3) is 3.82. The van der Waals surface area contributed by atoms with Crippen molar-refractivity contribution in [2.75, 3.05) is 0 Å². The molecule has 0 atom stereocenters. The second-order valence-corrected chi connectivity index (χ2v) is 8.33. The molecule has 18 heavy (non-hydrogen) atoms. The highest BCUT2D eigenvalue weighted by atomic mass is 79.9. The summed E-state index contributed by atoms with van der Waals surface area (Å²) < 4.78 is 8.89. The Morgan fingerprint density at radius 2 is 1.72 bits per heavy atom. The van der Waals surface area contributed by atoms with E-state index in [0.29, 0.717) is 6.61 Å². The minimum absolute atomic E-state index is 0.571. The number of halogens is 4. The van der Waals surface area contributed by atoms with E-state index in [1.165, 1.54) is 10.4 Å². The Balaban J connectivity index is 2.14. The molecule has 1 aromatic carbocycles. The first-order valence-corrected chi connectivity index (χ1v) is 9.32. The molecule has 1 heterocycles. The van der Waals surface area contributed by atoms with Crippen LogP contribution in [0.4, 0.5) is 0 Å². The second-order valence-electron chi connectivity index (χ2n) is 3.52. The summed E-state index contributed by atoms with van der Waals surface area (Å²) in [5, 5.41) is 0.822. The summed E-state index contributed by atoms with van der Waals surface area (Å²) in [5.74, 6) is 0.837. The predicted molar refractivity (Wildman–Crippen MR) is 90.8 cm³/mol. The summed E-state index contributed by atoms with van der Waals surface area (Å²) in [6.45, 7) is 0.571. The van der Waals surface area contributed by atoms with Crippen molar-refractivity contribution >= 4 is 75.1 Å². The lowest BCUT2D eigenvalue weighted by molar-refractivity contribution is 0.306. The SMILES string of the molecule is BrCc1cc(Br)c(OCc2ccc(Br)s2)c(Br)c1. The molecule has 0 unspecified atom stereocenters. The molecule has 0 saturated heterocycles. The fourth-order valence-electron chi connectivity index (χ4n) is 1.40. The topological polar surface area (TPSA) is 9.23 Å². The Hall–Kier alpha value is 0.640. The normalized spacial score (nSPS) is 10.7. The molecular formula is C12H8Br4OS. The zero-order valence-corrected chi connectivity index (χ0v) is 16.2. The van der Waals surface area contributed by atoms with Gasteiger partial charge in [0.2, 0.25) is 0 Å². The van der Waals surface area contributed by atoms with Gasteiger partial charge in [-0.05, 0) is 77.6 Å². The van der Waals surface area contributed by atoms with Gasteiger partial charge in [-0.25, -0.2) is 0 Å². The van der Waals surface area contributed by atoms with Crippen molar-refractivity contribution in [3.63, 3.8) is 0 Å². The fourth-order valence-corrected chi connectivity index (χ4v) is 4.63. The van der Waals surface area contributed by atoms with E-state index in [1.54, 1.807) is 11.3 Å². The van der Waals surface area contributed by atoms with E-state index in [2.05, 4.69) is 81.9 Å². The monoisotopic (exact) mass is 516 g/mol. The lowest BCUT2D eigenvalue weighted by atomic mass is 10.2. The largest absolute Gasteiger partial charge is 0.486 e. The minimum Gasteiger partial charge on any atom is -0.486 e. The van der Waals surface area contributed by atoms with E-state index < -0.39 is 0 Å². The van der Waals surface area contributed by atoms with E-state index in [-0.39, 0.29) is 0 Å². The van der Waals surface area contributed by atoms with Gasteiger partial charge < -0.3 is 4.74 Å². The van der Waals surface area contributed by atoms with Crippen LogP contribution < -0.4 is 4.74 Å². The number of rotatable bonds is 4. The predicted octanol–water partition coefficient (Wildman–Crippen LogP) is 6.51. The minimum atomic E-state index is 0.571. The molecule has 96 valence electrons. The van der Waals surface area contributed by atoms with Crippen LogP contribution in [0.15, 0.2) is 37.0 Å². The Bertz CT molecular complexity index is 530. The van der Waals surface area contributed by atoms with Gasteiger partial charge in [-0.1, -0.05) is 15.9 Å². The number of hydrogen-bond donors (Lipinski definition) is 0. The average molecular weight is 520 g/mol. The van der Waals surface area contributed by atoms with Gasteiger partial charge in [0.05, 0.1) is 12.7 Å². The Morgan fingerprint density at radius 3 is 2.22 bits per heavy atom. The zero-order valence-electron chi connectivity index (χ0n) is 9.05. The maximum absolute atomic E-state index is 5.85. The number of thiophene rings is 1. The van der Waals surface area contributed by atoms with Crippen LogP contribution in [0.5, 0.6) is 5.75 Å². The van der Waals surface area contributed by atoms with Gasteiger partial charge in [-0.3, -0.25) is 0 Å². The van der Waals surface area contributed by atoms with Crippen LogP contribution in [-0.2, 0) is 11.9 Å². The molecule has 0 aliphatic heterocycles. The Morgan fingerprint density at radius 1 is 1.06 bits per heavy atom. The van der Waals surface area contributed by atoms with Gasteiger partial charge in [-0.2, -0.15) is 0 Å². The molecule has 0 aliphatic carbocycles. The highest BCUT2D eigenvalue weighted by molar-refractivity contribution is 9.11. The molecule has 0 amide bonds. The molecule has 0 fully saturated rings. The van der Waals surface area contributed by atoms with Gasteiger partial charge in [0, 0.05) is 10.2 Å². The first-order valence-electron chi connectivity index (χ1n) is 5.01. The van der Waals surface area contributed by atoms with Crippen molar-refractivity contribution < 1.29 is 4.74 Å². The first-order chi connectivity index (χ1) is 8.60. The van der Waals surface area contributed by atoms with Crippen molar-refractivity contribution in [3.05, 3.63) is 47.4 Å². The third-order valence-electron chi connectivity index (χ3n) is 2.20. The molecule has 0 N–H and O–H groups in total. The van der Waals surface area contributed by atoms with Gasteiger partial charge in [0.1, 0.15) is 12.4 Å². The van der Waals surface area contributed by atoms with Crippen LogP contribution in [0.25, 0.3) is 0 Å². The molecular weight excluding hydrogens is 512 g/mol. The van der Waals surface area contributed by atoms with Crippen LogP contribution in [0.2, 0.25) is 0 Å². The number of benzene rings is 1. The van der Waals surface area contributed by atoms with E-state index >= 15 is 0 Å². The van der Waals surface area contributed by atoms with Crippen molar-refractivity contribution in [3.8, 4) is 5.75 Å². The van der Waals surface area contributed by atoms with Crippen LogP contribution in [0, 0.1) is 0 Å². The summed E-state index contributed by atoms with van der Waals surface area (Å²) in [6, 6.07) is 8.20. The number of hydrogen-bond acceptors (Lipinski definition) is 2. The zero-order chi connectivity index (χ0) is 13.1.